The second kappa shape index (κ2) is 5.98. The minimum absolute atomic E-state index is 0.0195. The predicted octanol–water partition coefficient (Wildman–Crippen LogP) is 1.75. The van der Waals surface area contributed by atoms with Gasteiger partial charge in [0, 0.05) is 19.4 Å². The van der Waals surface area contributed by atoms with Crippen LogP contribution in [0, 0.1) is 11.8 Å². The third kappa shape index (κ3) is 6.13. The molecular weight excluding hydrogens is 157 g/mol. The summed E-state index contributed by atoms with van der Waals surface area (Å²) >= 11 is 0. The lowest BCUT2D eigenvalue weighted by atomic mass is 9.98. The first-order valence-corrected chi connectivity index (χ1v) is 4.36. The lowest BCUT2D eigenvalue weighted by Crippen LogP contribution is -2.28. The first kappa shape index (κ1) is 11.4. The molecule has 0 aromatic rings. The fourth-order valence-electron chi connectivity index (χ4n) is 1.16. The average Bonchev–Trinajstić information content (AvgIpc) is 1.97. The molecule has 1 atom stereocenters. The van der Waals surface area contributed by atoms with Crippen molar-refractivity contribution in [2.45, 2.75) is 27.2 Å². The summed E-state index contributed by atoms with van der Waals surface area (Å²) < 4.78 is 12.3. The van der Waals surface area contributed by atoms with Gasteiger partial charge in [-0.2, -0.15) is 0 Å². The fraction of sp³-hybridized carbons (Fsp3) is 0.889. The Morgan fingerprint density at radius 2 is 2.08 bits per heavy atom. The zero-order valence-electron chi connectivity index (χ0n) is 8.06. The molecule has 0 saturated carbocycles. The Hall–Kier alpha value is -0.600. The second-order valence-corrected chi connectivity index (χ2v) is 3.59. The molecule has 0 bridgehead atoms. The highest BCUT2D eigenvalue weighted by Crippen LogP contribution is 2.11. The molecule has 2 nitrogen and oxygen atoms in total. The first-order valence-electron chi connectivity index (χ1n) is 4.36. The summed E-state index contributed by atoms with van der Waals surface area (Å²) in [7, 11) is 0. The molecule has 0 spiro atoms. The van der Waals surface area contributed by atoms with Crippen molar-refractivity contribution in [3.63, 3.8) is 0 Å². The molecule has 0 rings (SSSR count). The fourth-order valence-corrected chi connectivity index (χ4v) is 1.16. The van der Waals surface area contributed by atoms with E-state index in [1.54, 1.807) is 0 Å². The van der Waals surface area contributed by atoms with Crippen molar-refractivity contribution in [1.82, 2.24) is 5.32 Å². The Morgan fingerprint density at radius 3 is 2.42 bits per heavy atom. The van der Waals surface area contributed by atoms with Gasteiger partial charge in [0.25, 0.3) is 0 Å². The molecule has 72 valence electrons. The van der Waals surface area contributed by atoms with E-state index in [-0.39, 0.29) is 18.5 Å². The van der Waals surface area contributed by atoms with Gasteiger partial charge in [-0.05, 0) is 12.3 Å². The van der Waals surface area contributed by atoms with Crippen LogP contribution in [0.15, 0.2) is 0 Å². The van der Waals surface area contributed by atoms with E-state index in [0.29, 0.717) is 12.5 Å². The van der Waals surface area contributed by atoms with Gasteiger partial charge in [0.1, 0.15) is 0 Å². The number of alkyl halides is 1. The molecule has 0 fully saturated rings. The highest BCUT2D eigenvalue weighted by Gasteiger charge is 2.10. The standard InChI is InChI=1S/C9H18FNO/c1-7(2)4-9(5-10)6-11-8(3)12/h7,9H,4-6H2,1-3H3,(H,11,12). The number of carbonyl (C=O) groups is 1. The maximum absolute atomic E-state index is 12.3. The largest absolute Gasteiger partial charge is 0.356 e. The van der Waals surface area contributed by atoms with Crippen LogP contribution in [0.25, 0.3) is 0 Å². The van der Waals surface area contributed by atoms with E-state index in [2.05, 4.69) is 19.2 Å². The summed E-state index contributed by atoms with van der Waals surface area (Å²) in [4.78, 5) is 10.5. The van der Waals surface area contributed by atoms with E-state index in [4.69, 9.17) is 0 Å². The van der Waals surface area contributed by atoms with Crippen LogP contribution in [0.2, 0.25) is 0 Å². The van der Waals surface area contributed by atoms with E-state index in [1.165, 1.54) is 6.92 Å². The van der Waals surface area contributed by atoms with Gasteiger partial charge >= 0.3 is 0 Å². The lowest BCUT2D eigenvalue weighted by molar-refractivity contribution is -0.119. The SMILES string of the molecule is CC(=O)NCC(CF)CC(C)C. The van der Waals surface area contributed by atoms with Crippen molar-refractivity contribution < 1.29 is 9.18 Å². The molecule has 1 amide bonds. The van der Waals surface area contributed by atoms with Crippen LogP contribution >= 0.6 is 0 Å². The van der Waals surface area contributed by atoms with Crippen LogP contribution in [0.4, 0.5) is 4.39 Å². The molecule has 1 N–H and O–H groups in total. The van der Waals surface area contributed by atoms with Crippen LogP contribution in [0.1, 0.15) is 27.2 Å². The molecule has 0 aliphatic rings. The van der Waals surface area contributed by atoms with Gasteiger partial charge in [0.15, 0.2) is 0 Å². The number of carbonyl (C=O) groups excluding carboxylic acids is 1. The Kier molecular flexibility index (Phi) is 5.68. The van der Waals surface area contributed by atoms with Gasteiger partial charge in [-0.15, -0.1) is 0 Å². The maximum atomic E-state index is 12.3. The highest BCUT2D eigenvalue weighted by atomic mass is 19.1. The summed E-state index contributed by atoms with van der Waals surface area (Å²) in [5.41, 5.74) is 0. The first-order chi connectivity index (χ1) is 5.56. The van der Waals surface area contributed by atoms with Gasteiger partial charge in [-0.1, -0.05) is 13.8 Å². The summed E-state index contributed by atoms with van der Waals surface area (Å²) in [6.07, 6.45) is 0.830. The predicted molar refractivity (Wildman–Crippen MR) is 47.6 cm³/mol. The number of hydrogen-bond acceptors (Lipinski definition) is 1. The normalized spacial score (nSPS) is 13.1. The third-order valence-electron chi connectivity index (χ3n) is 1.66. The number of hydrogen-bond donors (Lipinski definition) is 1. The van der Waals surface area contributed by atoms with Crippen molar-refractivity contribution >= 4 is 5.91 Å². The topological polar surface area (TPSA) is 29.1 Å². The minimum Gasteiger partial charge on any atom is -0.356 e. The van der Waals surface area contributed by atoms with Gasteiger partial charge in [0.2, 0.25) is 5.91 Å². The van der Waals surface area contributed by atoms with E-state index in [1.807, 2.05) is 0 Å². The monoisotopic (exact) mass is 175 g/mol. The molecule has 0 radical (unpaired) electrons. The van der Waals surface area contributed by atoms with E-state index in [9.17, 15) is 9.18 Å². The molecular formula is C9H18FNO. The number of rotatable bonds is 5. The molecule has 0 aliphatic heterocycles. The smallest absolute Gasteiger partial charge is 0.216 e. The summed E-state index contributed by atoms with van der Waals surface area (Å²) in [5.74, 6) is 0.380. The summed E-state index contributed by atoms with van der Waals surface area (Å²) in [5, 5.41) is 2.62. The van der Waals surface area contributed by atoms with Gasteiger partial charge in [-0.25, -0.2) is 0 Å². The summed E-state index contributed by atoms with van der Waals surface area (Å²) in [6.45, 7) is 5.67. The Labute approximate surface area is 73.5 Å². The number of nitrogens with one attached hydrogen (secondary N) is 1. The highest BCUT2D eigenvalue weighted by molar-refractivity contribution is 5.72. The molecule has 1 unspecified atom stereocenters. The van der Waals surface area contributed by atoms with E-state index >= 15 is 0 Å². The molecule has 12 heavy (non-hydrogen) atoms. The van der Waals surface area contributed by atoms with Crippen LogP contribution < -0.4 is 5.32 Å². The minimum atomic E-state index is -0.349. The summed E-state index contributed by atoms with van der Waals surface area (Å²) in [6, 6.07) is 0. The van der Waals surface area contributed by atoms with Crippen LogP contribution in [-0.2, 0) is 4.79 Å². The Balaban J connectivity index is 3.60. The molecule has 0 aromatic carbocycles. The maximum Gasteiger partial charge on any atom is 0.216 e. The third-order valence-corrected chi connectivity index (χ3v) is 1.66. The number of amides is 1. The quantitative estimate of drug-likeness (QED) is 0.677. The number of halogens is 1. The van der Waals surface area contributed by atoms with Gasteiger partial charge in [-0.3, -0.25) is 9.18 Å². The van der Waals surface area contributed by atoms with Crippen LogP contribution in [0.3, 0.4) is 0 Å². The van der Waals surface area contributed by atoms with Crippen molar-refractivity contribution in [1.29, 1.82) is 0 Å². The average molecular weight is 175 g/mol. The van der Waals surface area contributed by atoms with Gasteiger partial charge in [0.05, 0.1) is 6.67 Å². The zero-order valence-corrected chi connectivity index (χ0v) is 8.06. The van der Waals surface area contributed by atoms with Crippen molar-refractivity contribution in [2.24, 2.45) is 11.8 Å². The lowest BCUT2D eigenvalue weighted by Gasteiger charge is -2.15. The second-order valence-electron chi connectivity index (χ2n) is 3.59. The molecule has 0 heterocycles. The van der Waals surface area contributed by atoms with Gasteiger partial charge < -0.3 is 5.32 Å². The van der Waals surface area contributed by atoms with E-state index in [0.717, 1.165) is 6.42 Å². The Bertz CT molecular complexity index is 136. The molecule has 0 aromatic heterocycles. The van der Waals surface area contributed by atoms with Crippen LogP contribution in [0.5, 0.6) is 0 Å². The molecule has 3 heteroatoms. The van der Waals surface area contributed by atoms with Crippen molar-refractivity contribution in [2.75, 3.05) is 13.2 Å². The Morgan fingerprint density at radius 1 is 1.50 bits per heavy atom. The van der Waals surface area contributed by atoms with Crippen LogP contribution in [-0.4, -0.2) is 19.1 Å². The molecule has 0 aliphatic carbocycles. The zero-order chi connectivity index (χ0) is 9.56. The van der Waals surface area contributed by atoms with Crippen molar-refractivity contribution in [3.8, 4) is 0 Å². The molecule has 0 saturated heterocycles. The van der Waals surface area contributed by atoms with E-state index < -0.39 is 0 Å². The van der Waals surface area contributed by atoms with Crippen molar-refractivity contribution in [3.05, 3.63) is 0 Å².